The summed E-state index contributed by atoms with van der Waals surface area (Å²) < 4.78 is 12.2. The Hall–Kier alpha value is -2.47. The molecule has 0 aliphatic rings. The van der Waals surface area contributed by atoms with E-state index in [2.05, 4.69) is 5.32 Å². The van der Waals surface area contributed by atoms with E-state index in [1.54, 1.807) is 24.3 Å². The summed E-state index contributed by atoms with van der Waals surface area (Å²) in [5, 5.41) is 11.8. The lowest BCUT2D eigenvalue weighted by Gasteiger charge is -2.14. The van der Waals surface area contributed by atoms with Crippen molar-refractivity contribution in [3.05, 3.63) is 66.2 Å². The number of carbonyl (C=O) groups is 2. The molecule has 2 aromatic rings. The Balaban J connectivity index is 1.82. The number of carboxylic acid groups (broad SMARTS) is 1. The van der Waals surface area contributed by atoms with Gasteiger partial charge in [0.15, 0.2) is 0 Å². The largest absolute Gasteiger partial charge is 0.480 e. The van der Waals surface area contributed by atoms with Gasteiger partial charge in [-0.25, -0.2) is 4.79 Å². The minimum Gasteiger partial charge on any atom is -0.480 e. The van der Waals surface area contributed by atoms with Gasteiger partial charge in [-0.1, -0.05) is 48.5 Å². The van der Waals surface area contributed by atoms with Crippen molar-refractivity contribution in [1.82, 2.24) is 5.32 Å². The molecule has 0 aromatic heterocycles. The highest BCUT2D eigenvalue weighted by molar-refractivity contribution is 7.85. The van der Waals surface area contributed by atoms with Crippen LogP contribution in [-0.4, -0.2) is 33.0 Å². The summed E-state index contributed by atoms with van der Waals surface area (Å²) in [6.07, 6.45) is 0.887. The summed E-state index contributed by atoms with van der Waals surface area (Å²) >= 11 is 0. The number of benzene rings is 2. The molecule has 132 valence electrons. The Bertz CT molecular complexity index is 719. The van der Waals surface area contributed by atoms with E-state index in [0.29, 0.717) is 11.3 Å². The fourth-order valence-electron chi connectivity index (χ4n) is 2.34. The third-order valence-electron chi connectivity index (χ3n) is 3.71. The molecule has 0 saturated heterocycles. The van der Waals surface area contributed by atoms with E-state index in [1.807, 2.05) is 36.4 Å². The molecular formula is C19H21NO4S. The molecule has 2 atom stereocenters. The van der Waals surface area contributed by atoms with E-state index in [9.17, 15) is 18.9 Å². The first kappa shape index (κ1) is 18.9. The van der Waals surface area contributed by atoms with Crippen LogP contribution in [0.4, 0.5) is 0 Å². The third kappa shape index (κ3) is 6.51. The van der Waals surface area contributed by atoms with Crippen LogP contribution < -0.4 is 5.32 Å². The summed E-state index contributed by atoms with van der Waals surface area (Å²) in [5.41, 5.74) is 1.02. The molecule has 0 radical (unpaired) electrons. The van der Waals surface area contributed by atoms with Gasteiger partial charge in [0, 0.05) is 17.1 Å². The zero-order valence-electron chi connectivity index (χ0n) is 13.8. The Morgan fingerprint density at radius 3 is 2.20 bits per heavy atom. The summed E-state index contributed by atoms with van der Waals surface area (Å²) in [6, 6.07) is 17.4. The average Bonchev–Trinajstić information content (AvgIpc) is 2.64. The maximum absolute atomic E-state index is 12.2. The number of carboxylic acids is 1. The topological polar surface area (TPSA) is 83.5 Å². The monoisotopic (exact) mass is 359 g/mol. The molecular weight excluding hydrogens is 338 g/mol. The van der Waals surface area contributed by atoms with E-state index < -0.39 is 22.8 Å². The Morgan fingerprint density at radius 2 is 1.60 bits per heavy atom. The fraction of sp³-hybridized carbons (Fsp3) is 0.263. The third-order valence-corrected chi connectivity index (χ3v) is 5.12. The minimum atomic E-state index is -1.28. The van der Waals surface area contributed by atoms with Crippen molar-refractivity contribution in [2.75, 3.05) is 5.75 Å². The SMILES string of the molecule is O=C(CCc1ccccc1)N[C@@H](CC[S@@](=O)c1ccccc1)C(=O)O. The number of rotatable bonds is 9. The molecule has 2 N–H and O–H groups in total. The van der Waals surface area contributed by atoms with E-state index in [-0.39, 0.29) is 24.5 Å². The van der Waals surface area contributed by atoms with Crippen LogP contribution in [0.2, 0.25) is 0 Å². The Morgan fingerprint density at radius 1 is 1.00 bits per heavy atom. The van der Waals surface area contributed by atoms with E-state index in [4.69, 9.17) is 0 Å². The van der Waals surface area contributed by atoms with Crippen LogP contribution in [0.1, 0.15) is 18.4 Å². The maximum atomic E-state index is 12.2. The normalized spacial score (nSPS) is 13.0. The first-order valence-corrected chi connectivity index (χ1v) is 9.37. The molecule has 6 heteroatoms. The molecule has 0 heterocycles. The van der Waals surface area contributed by atoms with Crippen LogP contribution in [0.3, 0.4) is 0 Å². The van der Waals surface area contributed by atoms with Gasteiger partial charge in [0.1, 0.15) is 6.04 Å². The second-order valence-electron chi connectivity index (χ2n) is 5.60. The summed E-state index contributed by atoms with van der Waals surface area (Å²) in [6.45, 7) is 0. The number of aryl methyl sites for hydroxylation is 1. The van der Waals surface area contributed by atoms with Gasteiger partial charge in [-0.15, -0.1) is 0 Å². The average molecular weight is 359 g/mol. The predicted octanol–water partition coefficient (Wildman–Crippen LogP) is 2.39. The Labute approximate surface area is 149 Å². The lowest BCUT2D eigenvalue weighted by atomic mass is 10.1. The van der Waals surface area contributed by atoms with Crippen molar-refractivity contribution < 1.29 is 18.9 Å². The first-order chi connectivity index (χ1) is 12.1. The van der Waals surface area contributed by atoms with E-state index in [0.717, 1.165) is 5.56 Å². The number of carbonyl (C=O) groups excluding carboxylic acids is 1. The molecule has 1 amide bonds. The highest BCUT2D eigenvalue weighted by Crippen LogP contribution is 2.08. The van der Waals surface area contributed by atoms with Crippen LogP contribution in [-0.2, 0) is 26.8 Å². The van der Waals surface area contributed by atoms with Gasteiger partial charge >= 0.3 is 5.97 Å². The molecule has 0 aliphatic heterocycles. The molecule has 5 nitrogen and oxygen atoms in total. The number of nitrogens with one attached hydrogen (secondary N) is 1. The van der Waals surface area contributed by atoms with Crippen LogP contribution in [0, 0.1) is 0 Å². The zero-order valence-corrected chi connectivity index (χ0v) is 14.6. The van der Waals surface area contributed by atoms with Crippen molar-refractivity contribution in [3.8, 4) is 0 Å². The number of hydrogen-bond donors (Lipinski definition) is 2. The van der Waals surface area contributed by atoms with Crippen LogP contribution >= 0.6 is 0 Å². The lowest BCUT2D eigenvalue weighted by molar-refractivity contribution is -0.141. The summed E-state index contributed by atoms with van der Waals surface area (Å²) in [4.78, 5) is 24.0. The quantitative estimate of drug-likeness (QED) is 0.720. The molecule has 0 aliphatic carbocycles. The molecule has 0 saturated carbocycles. The molecule has 0 spiro atoms. The fourth-order valence-corrected chi connectivity index (χ4v) is 3.49. The number of amides is 1. The van der Waals surface area contributed by atoms with Gasteiger partial charge < -0.3 is 10.4 Å². The molecule has 25 heavy (non-hydrogen) atoms. The Kier molecular flexibility index (Phi) is 7.35. The summed E-state index contributed by atoms with van der Waals surface area (Å²) in [7, 11) is -1.28. The molecule has 2 rings (SSSR count). The highest BCUT2D eigenvalue weighted by Gasteiger charge is 2.20. The van der Waals surface area contributed by atoms with E-state index in [1.165, 1.54) is 0 Å². The van der Waals surface area contributed by atoms with Crippen molar-refractivity contribution in [2.45, 2.75) is 30.2 Å². The van der Waals surface area contributed by atoms with Crippen molar-refractivity contribution >= 4 is 22.7 Å². The van der Waals surface area contributed by atoms with E-state index >= 15 is 0 Å². The standard InChI is InChI=1S/C19H21NO4S/c21-18(12-11-15-7-3-1-4-8-15)20-17(19(22)23)13-14-25(24)16-9-5-2-6-10-16/h1-10,17H,11-14H2,(H,20,21)(H,22,23)/t17-,25+/m0/s1. The molecule has 0 bridgehead atoms. The van der Waals surface area contributed by atoms with Crippen molar-refractivity contribution in [3.63, 3.8) is 0 Å². The second kappa shape index (κ2) is 9.74. The van der Waals surface area contributed by atoms with Crippen molar-refractivity contribution in [2.24, 2.45) is 0 Å². The zero-order chi connectivity index (χ0) is 18.1. The van der Waals surface area contributed by atoms with Crippen LogP contribution in [0.5, 0.6) is 0 Å². The smallest absolute Gasteiger partial charge is 0.326 e. The second-order valence-corrected chi connectivity index (χ2v) is 7.17. The number of hydrogen-bond acceptors (Lipinski definition) is 3. The first-order valence-electron chi connectivity index (χ1n) is 8.06. The molecule has 2 aromatic carbocycles. The van der Waals surface area contributed by atoms with Gasteiger partial charge in [-0.3, -0.25) is 9.00 Å². The van der Waals surface area contributed by atoms with Crippen LogP contribution in [0.15, 0.2) is 65.6 Å². The van der Waals surface area contributed by atoms with Crippen molar-refractivity contribution in [1.29, 1.82) is 0 Å². The van der Waals surface area contributed by atoms with Crippen LogP contribution in [0.25, 0.3) is 0 Å². The van der Waals surface area contributed by atoms with Gasteiger partial charge in [-0.2, -0.15) is 0 Å². The highest BCUT2D eigenvalue weighted by atomic mass is 32.2. The number of aliphatic carboxylic acids is 1. The predicted molar refractivity (Wildman–Crippen MR) is 96.7 cm³/mol. The van der Waals surface area contributed by atoms with Gasteiger partial charge in [0.05, 0.1) is 10.8 Å². The van der Waals surface area contributed by atoms with Gasteiger partial charge in [0.2, 0.25) is 5.91 Å². The van der Waals surface area contributed by atoms with Gasteiger partial charge in [0.25, 0.3) is 0 Å². The maximum Gasteiger partial charge on any atom is 0.326 e. The summed E-state index contributed by atoms with van der Waals surface area (Å²) in [5.74, 6) is -1.25. The molecule has 0 unspecified atom stereocenters. The minimum absolute atomic E-state index is 0.119. The van der Waals surface area contributed by atoms with Gasteiger partial charge in [-0.05, 0) is 30.5 Å². The molecule has 0 fully saturated rings. The lowest BCUT2D eigenvalue weighted by Crippen LogP contribution is -2.41.